The van der Waals surface area contributed by atoms with Crippen LogP contribution in [0.5, 0.6) is 5.75 Å². The number of hydrogen-bond donors (Lipinski definition) is 2. The fourth-order valence-electron chi connectivity index (χ4n) is 2.54. The van der Waals surface area contributed by atoms with Gasteiger partial charge in [-0.15, -0.1) is 0 Å². The molecule has 5 nitrogen and oxygen atoms in total. The standard InChI is InChI=1S/C22H18ClFN2O3/c1-14-12-16(23)4-11-20(14)26-21(27)13-29-19-9-2-15(3-10-19)22(28)25-18-7-5-17(24)6-8-18/h2-12H,13H2,1H3,(H,25,28)(H,26,27). The first-order valence-electron chi connectivity index (χ1n) is 8.76. The smallest absolute Gasteiger partial charge is 0.262 e. The second-order valence-electron chi connectivity index (χ2n) is 6.28. The average Bonchev–Trinajstić information content (AvgIpc) is 2.70. The second-order valence-corrected chi connectivity index (χ2v) is 6.72. The maximum Gasteiger partial charge on any atom is 0.262 e. The number of amides is 2. The molecule has 0 aliphatic carbocycles. The molecule has 2 amide bonds. The monoisotopic (exact) mass is 412 g/mol. The zero-order valence-electron chi connectivity index (χ0n) is 15.5. The van der Waals surface area contributed by atoms with E-state index in [4.69, 9.17) is 16.3 Å². The Kier molecular flexibility index (Phi) is 6.46. The molecule has 0 saturated heterocycles. The Balaban J connectivity index is 1.52. The van der Waals surface area contributed by atoms with Gasteiger partial charge in [0.1, 0.15) is 11.6 Å². The van der Waals surface area contributed by atoms with E-state index in [0.717, 1.165) is 5.56 Å². The molecule has 0 fully saturated rings. The lowest BCUT2D eigenvalue weighted by atomic mass is 10.2. The topological polar surface area (TPSA) is 67.4 Å². The van der Waals surface area contributed by atoms with Crippen LogP contribution in [0.3, 0.4) is 0 Å². The Hall–Kier alpha value is -3.38. The third-order valence-electron chi connectivity index (χ3n) is 4.05. The molecule has 2 N–H and O–H groups in total. The Morgan fingerprint density at radius 2 is 1.66 bits per heavy atom. The Labute approximate surface area is 172 Å². The molecule has 0 aliphatic heterocycles. The molecule has 0 spiro atoms. The molecule has 29 heavy (non-hydrogen) atoms. The minimum absolute atomic E-state index is 0.177. The molecule has 0 heterocycles. The SMILES string of the molecule is Cc1cc(Cl)ccc1NC(=O)COc1ccc(C(=O)Nc2ccc(F)cc2)cc1. The van der Waals surface area contributed by atoms with Crippen molar-refractivity contribution in [2.75, 3.05) is 17.2 Å². The lowest BCUT2D eigenvalue weighted by Crippen LogP contribution is -2.20. The summed E-state index contributed by atoms with van der Waals surface area (Å²) in [5.41, 5.74) is 2.41. The highest BCUT2D eigenvalue weighted by molar-refractivity contribution is 6.30. The van der Waals surface area contributed by atoms with Gasteiger partial charge in [0.05, 0.1) is 0 Å². The van der Waals surface area contributed by atoms with Gasteiger partial charge in [0.2, 0.25) is 0 Å². The van der Waals surface area contributed by atoms with Crippen molar-refractivity contribution in [2.24, 2.45) is 0 Å². The van der Waals surface area contributed by atoms with Crippen LogP contribution in [0.25, 0.3) is 0 Å². The van der Waals surface area contributed by atoms with Gasteiger partial charge < -0.3 is 15.4 Å². The first-order chi connectivity index (χ1) is 13.9. The predicted molar refractivity (Wildman–Crippen MR) is 111 cm³/mol. The summed E-state index contributed by atoms with van der Waals surface area (Å²) in [4.78, 5) is 24.3. The molecule has 0 unspecified atom stereocenters. The highest BCUT2D eigenvalue weighted by Crippen LogP contribution is 2.20. The van der Waals surface area contributed by atoms with E-state index in [1.807, 2.05) is 6.92 Å². The fourth-order valence-corrected chi connectivity index (χ4v) is 2.77. The quantitative estimate of drug-likeness (QED) is 0.594. The molecule has 0 saturated carbocycles. The van der Waals surface area contributed by atoms with Crippen LogP contribution in [-0.4, -0.2) is 18.4 Å². The molecule has 0 aromatic heterocycles. The summed E-state index contributed by atoms with van der Waals surface area (Å²) in [7, 11) is 0. The molecule has 148 valence electrons. The van der Waals surface area contributed by atoms with E-state index in [0.29, 0.717) is 27.7 Å². The van der Waals surface area contributed by atoms with Gasteiger partial charge in [0, 0.05) is 22.0 Å². The Morgan fingerprint density at radius 3 is 2.31 bits per heavy atom. The first-order valence-corrected chi connectivity index (χ1v) is 9.14. The first kappa shape index (κ1) is 20.4. The summed E-state index contributed by atoms with van der Waals surface area (Å²) >= 11 is 5.90. The van der Waals surface area contributed by atoms with Crippen molar-refractivity contribution in [3.05, 3.63) is 88.7 Å². The van der Waals surface area contributed by atoms with Crippen molar-refractivity contribution >= 4 is 34.8 Å². The van der Waals surface area contributed by atoms with Gasteiger partial charge in [-0.2, -0.15) is 0 Å². The molecule has 0 bridgehead atoms. The number of carbonyl (C=O) groups is 2. The lowest BCUT2D eigenvalue weighted by Gasteiger charge is -2.10. The van der Waals surface area contributed by atoms with Gasteiger partial charge in [-0.3, -0.25) is 9.59 Å². The number of anilines is 2. The zero-order valence-corrected chi connectivity index (χ0v) is 16.3. The molecule has 3 aromatic rings. The van der Waals surface area contributed by atoms with Gasteiger partial charge in [0.15, 0.2) is 6.61 Å². The molecule has 3 rings (SSSR count). The predicted octanol–water partition coefficient (Wildman–Crippen LogP) is 5.06. The van der Waals surface area contributed by atoms with E-state index >= 15 is 0 Å². The third kappa shape index (κ3) is 5.80. The number of nitrogens with one attached hydrogen (secondary N) is 2. The van der Waals surface area contributed by atoms with Crippen molar-refractivity contribution in [2.45, 2.75) is 6.92 Å². The Bertz CT molecular complexity index is 1020. The van der Waals surface area contributed by atoms with Crippen LogP contribution in [-0.2, 0) is 4.79 Å². The number of halogens is 2. The molecule has 0 radical (unpaired) electrons. The van der Waals surface area contributed by atoms with E-state index in [1.54, 1.807) is 42.5 Å². The second kappa shape index (κ2) is 9.21. The van der Waals surface area contributed by atoms with Gasteiger partial charge in [-0.1, -0.05) is 11.6 Å². The maximum atomic E-state index is 12.9. The molecule has 0 atom stereocenters. The normalized spacial score (nSPS) is 10.3. The van der Waals surface area contributed by atoms with Crippen LogP contribution in [0.2, 0.25) is 5.02 Å². The molecular weight excluding hydrogens is 395 g/mol. The molecule has 7 heteroatoms. The highest BCUT2D eigenvalue weighted by Gasteiger charge is 2.09. The van der Waals surface area contributed by atoms with Gasteiger partial charge in [-0.25, -0.2) is 4.39 Å². The van der Waals surface area contributed by atoms with E-state index in [9.17, 15) is 14.0 Å². The van der Waals surface area contributed by atoms with E-state index < -0.39 is 0 Å². The number of rotatable bonds is 6. The number of benzene rings is 3. The van der Waals surface area contributed by atoms with Crippen molar-refractivity contribution in [3.8, 4) is 5.75 Å². The zero-order chi connectivity index (χ0) is 20.8. The third-order valence-corrected chi connectivity index (χ3v) is 4.29. The number of aryl methyl sites for hydroxylation is 1. The van der Waals surface area contributed by atoms with Crippen LogP contribution < -0.4 is 15.4 Å². The van der Waals surface area contributed by atoms with Crippen LogP contribution in [0, 0.1) is 12.7 Å². The van der Waals surface area contributed by atoms with Crippen LogP contribution >= 0.6 is 11.6 Å². The maximum absolute atomic E-state index is 12.9. The minimum atomic E-state index is -0.375. The average molecular weight is 413 g/mol. The molecular formula is C22H18ClFN2O3. The number of hydrogen-bond acceptors (Lipinski definition) is 3. The molecule has 3 aromatic carbocycles. The fraction of sp³-hybridized carbons (Fsp3) is 0.0909. The van der Waals surface area contributed by atoms with Crippen molar-refractivity contribution in [3.63, 3.8) is 0 Å². The Morgan fingerprint density at radius 1 is 0.966 bits per heavy atom. The summed E-state index contributed by atoms with van der Waals surface area (Å²) in [6.45, 7) is 1.67. The lowest BCUT2D eigenvalue weighted by molar-refractivity contribution is -0.118. The van der Waals surface area contributed by atoms with Crippen molar-refractivity contribution in [1.82, 2.24) is 0 Å². The number of ether oxygens (including phenoxy) is 1. The van der Waals surface area contributed by atoms with E-state index in [-0.39, 0.29) is 24.2 Å². The van der Waals surface area contributed by atoms with Crippen molar-refractivity contribution in [1.29, 1.82) is 0 Å². The minimum Gasteiger partial charge on any atom is -0.484 e. The van der Waals surface area contributed by atoms with E-state index in [2.05, 4.69) is 10.6 Å². The van der Waals surface area contributed by atoms with Crippen LogP contribution in [0.4, 0.5) is 15.8 Å². The largest absolute Gasteiger partial charge is 0.484 e. The summed E-state index contributed by atoms with van der Waals surface area (Å²) in [5, 5.41) is 6.02. The van der Waals surface area contributed by atoms with Crippen LogP contribution in [0.1, 0.15) is 15.9 Å². The van der Waals surface area contributed by atoms with Crippen molar-refractivity contribution < 1.29 is 18.7 Å². The summed E-state index contributed by atoms with van der Waals surface area (Å²) in [6, 6.07) is 17.0. The summed E-state index contributed by atoms with van der Waals surface area (Å²) < 4.78 is 18.4. The van der Waals surface area contributed by atoms with Gasteiger partial charge >= 0.3 is 0 Å². The van der Waals surface area contributed by atoms with Gasteiger partial charge in [-0.05, 0) is 79.2 Å². The number of carbonyl (C=O) groups excluding carboxylic acids is 2. The van der Waals surface area contributed by atoms with E-state index in [1.165, 1.54) is 24.3 Å². The van der Waals surface area contributed by atoms with Crippen LogP contribution in [0.15, 0.2) is 66.7 Å². The molecule has 0 aliphatic rings. The summed E-state index contributed by atoms with van der Waals surface area (Å²) in [5.74, 6) is -0.571. The van der Waals surface area contributed by atoms with Gasteiger partial charge in [0.25, 0.3) is 11.8 Å². The summed E-state index contributed by atoms with van der Waals surface area (Å²) in [6.07, 6.45) is 0. The highest BCUT2D eigenvalue weighted by atomic mass is 35.5.